The Balaban J connectivity index is 2.66. The largest absolute Gasteiger partial charge is 0.493 e. The summed E-state index contributed by atoms with van der Waals surface area (Å²) in [7, 11) is 0. The lowest BCUT2D eigenvalue weighted by molar-refractivity contribution is 0.0521. The van der Waals surface area contributed by atoms with Crippen molar-refractivity contribution in [1.82, 2.24) is 0 Å². The second-order valence-electron chi connectivity index (χ2n) is 5.64. The molecule has 3 nitrogen and oxygen atoms in total. The van der Waals surface area contributed by atoms with E-state index < -0.39 is 0 Å². The second kappa shape index (κ2) is 9.43. The molecule has 0 heterocycles. The molecule has 0 saturated heterocycles. The maximum atomic E-state index is 11.9. The van der Waals surface area contributed by atoms with Gasteiger partial charge in [0.2, 0.25) is 0 Å². The number of unbranched alkanes of at least 4 members (excludes halogenated alkanes) is 1. The Labute approximate surface area is 128 Å². The highest BCUT2D eigenvalue weighted by Gasteiger charge is 2.14. The van der Waals surface area contributed by atoms with E-state index in [0.717, 1.165) is 25.2 Å². The van der Waals surface area contributed by atoms with E-state index in [9.17, 15) is 4.79 Å². The van der Waals surface area contributed by atoms with Crippen LogP contribution in [0, 0.1) is 5.92 Å². The van der Waals surface area contributed by atoms with Crippen LogP contribution in [-0.2, 0) is 11.2 Å². The van der Waals surface area contributed by atoms with E-state index in [0.29, 0.717) is 24.5 Å². The maximum Gasteiger partial charge on any atom is 0.341 e. The molecule has 3 heteroatoms. The second-order valence-corrected chi connectivity index (χ2v) is 5.64. The van der Waals surface area contributed by atoms with Gasteiger partial charge in [0, 0.05) is 0 Å². The summed E-state index contributed by atoms with van der Waals surface area (Å²) in [6.07, 6.45) is 4.30. The maximum absolute atomic E-state index is 11.9. The first-order valence-electron chi connectivity index (χ1n) is 8.01. The van der Waals surface area contributed by atoms with Crippen LogP contribution in [0.25, 0.3) is 0 Å². The summed E-state index contributed by atoms with van der Waals surface area (Å²) in [6, 6.07) is 5.72. The molecule has 0 aliphatic heterocycles. The van der Waals surface area contributed by atoms with E-state index in [1.54, 1.807) is 6.07 Å². The minimum Gasteiger partial charge on any atom is -0.493 e. The van der Waals surface area contributed by atoms with Gasteiger partial charge in [-0.25, -0.2) is 4.79 Å². The lowest BCUT2D eigenvalue weighted by Gasteiger charge is -2.12. The summed E-state index contributed by atoms with van der Waals surface area (Å²) < 4.78 is 10.9. The molecule has 1 aromatic rings. The van der Waals surface area contributed by atoms with Gasteiger partial charge in [-0.3, -0.25) is 0 Å². The Bertz CT molecular complexity index is 438. The number of ether oxygens (including phenoxy) is 2. The summed E-state index contributed by atoms with van der Waals surface area (Å²) in [6.45, 7) is 9.37. The fourth-order valence-electron chi connectivity index (χ4n) is 2.12. The fraction of sp³-hybridized carbons (Fsp3) is 0.611. The number of aryl methyl sites for hydroxylation is 1. The average molecular weight is 292 g/mol. The van der Waals surface area contributed by atoms with Gasteiger partial charge in [0.25, 0.3) is 0 Å². The van der Waals surface area contributed by atoms with Crippen molar-refractivity contribution in [1.29, 1.82) is 0 Å². The molecule has 1 aromatic carbocycles. The summed E-state index contributed by atoms with van der Waals surface area (Å²) in [5.41, 5.74) is 1.69. The Morgan fingerprint density at radius 3 is 2.57 bits per heavy atom. The Morgan fingerprint density at radius 1 is 1.19 bits per heavy atom. The van der Waals surface area contributed by atoms with E-state index in [1.165, 1.54) is 12.0 Å². The normalized spacial score (nSPS) is 10.7. The Kier molecular flexibility index (Phi) is 7.88. The predicted molar refractivity (Wildman–Crippen MR) is 86.0 cm³/mol. The van der Waals surface area contributed by atoms with Crippen LogP contribution in [0.5, 0.6) is 5.75 Å². The van der Waals surface area contributed by atoms with Crippen molar-refractivity contribution in [3.63, 3.8) is 0 Å². The standard InChI is InChI=1S/C18H28O3/c1-5-15-10-11-16(18(19)20-6-2)17(13-15)21-12-8-7-9-14(3)4/h10-11,13-14H,5-9,12H2,1-4H3. The van der Waals surface area contributed by atoms with Crippen LogP contribution in [0.4, 0.5) is 0 Å². The van der Waals surface area contributed by atoms with E-state index in [1.807, 2.05) is 19.1 Å². The van der Waals surface area contributed by atoms with Gasteiger partial charge >= 0.3 is 5.97 Å². The van der Waals surface area contributed by atoms with Crippen LogP contribution in [-0.4, -0.2) is 19.2 Å². The molecule has 0 aliphatic carbocycles. The molecular formula is C18H28O3. The number of benzene rings is 1. The zero-order valence-corrected chi connectivity index (χ0v) is 13.8. The number of rotatable bonds is 9. The van der Waals surface area contributed by atoms with Crippen molar-refractivity contribution in [2.24, 2.45) is 5.92 Å². The molecule has 0 amide bonds. The highest BCUT2D eigenvalue weighted by Crippen LogP contribution is 2.22. The van der Waals surface area contributed by atoms with Gasteiger partial charge in [0.1, 0.15) is 11.3 Å². The van der Waals surface area contributed by atoms with E-state index in [4.69, 9.17) is 9.47 Å². The molecule has 0 spiro atoms. The summed E-state index contributed by atoms with van der Waals surface area (Å²) in [5.74, 6) is 1.07. The zero-order valence-electron chi connectivity index (χ0n) is 13.8. The average Bonchev–Trinajstić information content (AvgIpc) is 2.46. The molecule has 118 valence electrons. The summed E-state index contributed by atoms with van der Waals surface area (Å²) in [4.78, 5) is 11.9. The predicted octanol–water partition coefficient (Wildman–Crippen LogP) is 4.63. The minimum atomic E-state index is -0.308. The van der Waals surface area contributed by atoms with Gasteiger partial charge in [0.05, 0.1) is 13.2 Å². The van der Waals surface area contributed by atoms with Crippen LogP contribution in [0.15, 0.2) is 18.2 Å². The zero-order chi connectivity index (χ0) is 15.7. The van der Waals surface area contributed by atoms with Crippen LogP contribution in [0.2, 0.25) is 0 Å². The van der Waals surface area contributed by atoms with E-state index in [2.05, 4.69) is 20.8 Å². The van der Waals surface area contributed by atoms with Crippen LogP contribution < -0.4 is 4.74 Å². The topological polar surface area (TPSA) is 35.5 Å². The summed E-state index contributed by atoms with van der Waals surface area (Å²) >= 11 is 0. The molecule has 0 saturated carbocycles. The lowest BCUT2D eigenvalue weighted by Crippen LogP contribution is -2.09. The van der Waals surface area contributed by atoms with Gasteiger partial charge in [0.15, 0.2) is 0 Å². The SMILES string of the molecule is CCOC(=O)c1ccc(CC)cc1OCCCCC(C)C. The van der Waals surface area contributed by atoms with Crippen molar-refractivity contribution in [3.05, 3.63) is 29.3 Å². The van der Waals surface area contributed by atoms with Crippen LogP contribution in [0.3, 0.4) is 0 Å². The highest BCUT2D eigenvalue weighted by atomic mass is 16.5. The molecule has 0 unspecified atom stereocenters. The molecular weight excluding hydrogens is 264 g/mol. The number of esters is 1. The van der Waals surface area contributed by atoms with Gasteiger partial charge in [-0.15, -0.1) is 0 Å². The van der Waals surface area contributed by atoms with Gasteiger partial charge in [-0.2, -0.15) is 0 Å². The molecule has 0 fully saturated rings. The van der Waals surface area contributed by atoms with Crippen molar-refractivity contribution < 1.29 is 14.3 Å². The lowest BCUT2D eigenvalue weighted by atomic mass is 10.1. The Hall–Kier alpha value is -1.51. The molecule has 0 radical (unpaired) electrons. The van der Waals surface area contributed by atoms with Gasteiger partial charge in [-0.1, -0.05) is 33.3 Å². The molecule has 0 aliphatic rings. The van der Waals surface area contributed by atoms with Gasteiger partial charge in [-0.05, 0) is 49.8 Å². The molecule has 1 rings (SSSR count). The van der Waals surface area contributed by atoms with Crippen molar-refractivity contribution >= 4 is 5.97 Å². The monoisotopic (exact) mass is 292 g/mol. The number of carbonyl (C=O) groups excluding carboxylic acids is 1. The van der Waals surface area contributed by atoms with Crippen molar-refractivity contribution in [2.75, 3.05) is 13.2 Å². The van der Waals surface area contributed by atoms with Crippen LogP contribution >= 0.6 is 0 Å². The Morgan fingerprint density at radius 2 is 1.95 bits per heavy atom. The first-order valence-corrected chi connectivity index (χ1v) is 8.01. The quantitative estimate of drug-likeness (QED) is 0.491. The third kappa shape index (κ3) is 6.19. The number of hydrogen-bond donors (Lipinski definition) is 0. The van der Waals surface area contributed by atoms with Crippen LogP contribution in [0.1, 0.15) is 62.9 Å². The summed E-state index contributed by atoms with van der Waals surface area (Å²) in [5, 5.41) is 0. The number of carbonyl (C=O) groups is 1. The molecule has 21 heavy (non-hydrogen) atoms. The third-order valence-electron chi connectivity index (χ3n) is 3.38. The minimum absolute atomic E-state index is 0.308. The highest BCUT2D eigenvalue weighted by molar-refractivity contribution is 5.92. The van der Waals surface area contributed by atoms with Crippen molar-refractivity contribution in [3.8, 4) is 5.75 Å². The number of hydrogen-bond acceptors (Lipinski definition) is 3. The van der Waals surface area contributed by atoms with E-state index in [-0.39, 0.29) is 5.97 Å². The molecule has 0 bridgehead atoms. The third-order valence-corrected chi connectivity index (χ3v) is 3.38. The first-order chi connectivity index (χ1) is 10.1. The smallest absolute Gasteiger partial charge is 0.341 e. The molecule has 0 N–H and O–H groups in total. The van der Waals surface area contributed by atoms with Crippen molar-refractivity contribution in [2.45, 2.75) is 53.4 Å². The fourth-order valence-corrected chi connectivity index (χ4v) is 2.12. The first kappa shape index (κ1) is 17.5. The van der Waals surface area contributed by atoms with Gasteiger partial charge < -0.3 is 9.47 Å². The molecule has 0 atom stereocenters. The molecule has 0 aromatic heterocycles. The van der Waals surface area contributed by atoms with E-state index >= 15 is 0 Å².